The second-order valence-electron chi connectivity index (χ2n) is 15.2. The Bertz CT molecular complexity index is 1640. The molecule has 4 heterocycles. The van der Waals surface area contributed by atoms with Gasteiger partial charge in [-0.3, -0.25) is 4.98 Å². The second kappa shape index (κ2) is 12.5. The molecule has 0 saturated heterocycles. The summed E-state index contributed by atoms with van der Waals surface area (Å²) in [5.41, 5.74) is 6.30. The maximum atomic E-state index is 6.30. The molecular formula is C36H46N5OPt-. The van der Waals surface area contributed by atoms with Gasteiger partial charge in [-0.1, -0.05) is 101 Å². The van der Waals surface area contributed by atoms with Crippen LogP contribution in [0.3, 0.4) is 0 Å². The Labute approximate surface area is 272 Å². The van der Waals surface area contributed by atoms with Crippen LogP contribution in [0.5, 0.6) is 11.8 Å². The van der Waals surface area contributed by atoms with Gasteiger partial charge in [-0.15, -0.1) is 0 Å². The molecule has 0 spiro atoms. The fourth-order valence-electron chi connectivity index (χ4n) is 4.36. The zero-order valence-corrected chi connectivity index (χ0v) is 30.0. The molecular weight excluding hydrogens is 714 g/mol. The summed E-state index contributed by atoms with van der Waals surface area (Å²) in [6, 6.07) is 16.3. The number of nitrogens with zero attached hydrogens (tertiary/aromatic N) is 5. The van der Waals surface area contributed by atoms with Crippen LogP contribution < -0.4 is 15.2 Å². The topological polar surface area (TPSA) is 74.4 Å². The molecule has 232 valence electrons. The number of rotatable bonds is 4. The van der Waals surface area contributed by atoms with Gasteiger partial charge in [0.1, 0.15) is 0 Å². The van der Waals surface area contributed by atoms with Gasteiger partial charge in [0.2, 0.25) is 11.8 Å². The van der Waals surface area contributed by atoms with Crippen LogP contribution in [0, 0.1) is 0 Å². The SMILES string of the molecule is CC(C)(C)c1ccnc(N=c2cc(C(C)(C)C)cc(-c3cc(C(C)(C)C)cc(Oc4cc(C(C)(C)C)ccn4)n3)[n-]2)c1.[Pt]. The summed E-state index contributed by atoms with van der Waals surface area (Å²) in [4.78, 5) is 23.8. The van der Waals surface area contributed by atoms with Crippen molar-refractivity contribution in [3.05, 3.63) is 88.7 Å². The summed E-state index contributed by atoms with van der Waals surface area (Å²) in [6.45, 7) is 26.2. The molecule has 6 nitrogen and oxygen atoms in total. The van der Waals surface area contributed by atoms with Gasteiger partial charge in [0.15, 0.2) is 0 Å². The van der Waals surface area contributed by atoms with Crippen molar-refractivity contribution in [2.75, 3.05) is 0 Å². The molecule has 0 amide bonds. The van der Waals surface area contributed by atoms with E-state index in [9.17, 15) is 0 Å². The van der Waals surface area contributed by atoms with E-state index in [0.717, 1.165) is 28.1 Å². The smallest absolute Gasteiger partial charge is 0.222 e. The molecule has 0 aliphatic heterocycles. The van der Waals surface area contributed by atoms with Gasteiger partial charge in [-0.2, -0.15) is 0 Å². The summed E-state index contributed by atoms with van der Waals surface area (Å²) in [5.74, 6) is 1.64. The fourth-order valence-corrected chi connectivity index (χ4v) is 4.36. The number of aromatic nitrogens is 4. The monoisotopic (exact) mass is 759 g/mol. The Balaban J connectivity index is 0.00000506. The molecule has 0 radical (unpaired) electrons. The summed E-state index contributed by atoms with van der Waals surface area (Å²) < 4.78 is 6.30. The minimum absolute atomic E-state index is 0. The Morgan fingerprint density at radius 3 is 1.67 bits per heavy atom. The van der Waals surface area contributed by atoms with Crippen molar-refractivity contribution in [2.45, 2.75) is 105 Å². The van der Waals surface area contributed by atoms with E-state index in [0.29, 0.717) is 23.1 Å². The van der Waals surface area contributed by atoms with Crippen molar-refractivity contribution >= 4 is 5.82 Å². The summed E-state index contributed by atoms with van der Waals surface area (Å²) in [7, 11) is 0. The Morgan fingerprint density at radius 2 is 1.09 bits per heavy atom. The molecule has 4 rings (SSSR count). The van der Waals surface area contributed by atoms with Crippen molar-refractivity contribution in [2.24, 2.45) is 4.99 Å². The summed E-state index contributed by atoms with van der Waals surface area (Å²) in [5, 5.41) is 0. The third-order valence-electron chi connectivity index (χ3n) is 7.26. The number of hydrogen-bond donors (Lipinski definition) is 0. The third-order valence-corrected chi connectivity index (χ3v) is 7.26. The van der Waals surface area contributed by atoms with Crippen LogP contribution in [-0.2, 0) is 42.7 Å². The van der Waals surface area contributed by atoms with Gasteiger partial charge in [-0.25, -0.2) is 9.97 Å². The molecule has 0 saturated carbocycles. The van der Waals surface area contributed by atoms with Crippen molar-refractivity contribution in [1.29, 1.82) is 0 Å². The number of hydrogen-bond acceptors (Lipinski definition) is 5. The van der Waals surface area contributed by atoms with Crippen LogP contribution in [0.1, 0.15) is 105 Å². The average molecular weight is 760 g/mol. The Hall–Kier alpha value is -3.11. The average Bonchev–Trinajstić information content (AvgIpc) is 2.87. The summed E-state index contributed by atoms with van der Waals surface area (Å²) in [6.07, 6.45) is 3.60. The first-order valence-electron chi connectivity index (χ1n) is 14.7. The van der Waals surface area contributed by atoms with Crippen LogP contribution in [0.15, 0.2) is 65.9 Å². The molecule has 0 atom stereocenters. The van der Waals surface area contributed by atoms with Crippen LogP contribution >= 0.6 is 0 Å². The van der Waals surface area contributed by atoms with Crippen molar-refractivity contribution in [3.63, 3.8) is 0 Å². The predicted octanol–water partition coefficient (Wildman–Crippen LogP) is 8.71. The minimum Gasteiger partial charge on any atom is -0.434 e. The van der Waals surface area contributed by atoms with Gasteiger partial charge in [0, 0.05) is 45.6 Å². The molecule has 0 aliphatic carbocycles. The van der Waals surface area contributed by atoms with E-state index in [-0.39, 0.29) is 42.7 Å². The predicted molar refractivity (Wildman–Crippen MR) is 172 cm³/mol. The normalized spacial score (nSPS) is 13.1. The summed E-state index contributed by atoms with van der Waals surface area (Å²) >= 11 is 0. The van der Waals surface area contributed by atoms with Gasteiger partial charge >= 0.3 is 0 Å². The van der Waals surface area contributed by atoms with Crippen LogP contribution in [0.2, 0.25) is 0 Å². The van der Waals surface area contributed by atoms with Gasteiger partial charge in [-0.05, 0) is 73.9 Å². The molecule has 7 heteroatoms. The van der Waals surface area contributed by atoms with E-state index in [1.165, 1.54) is 5.56 Å². The maximum Gasteiger partial charge on any atom is 0.222 e. The zero-order chi connectivity index (χ0) is 31.1. The number of pyridine rings is 4. The van der Waals surface area contributed by atoms with E-state index < -0.39 is 0 Å². The quantitative estimate of drug-likeness (QED) is 0.208. The minimum atomic E-state index is -0.136. The first-order chi connectivity index (χ1) is 19.3. The van der Waals surface area contributed by atoms with Crippen LogP contribution in [0.4, 0.5) is 5.82 Å². The molecule has 43 heavy (non-hydrogen) atoms. The number of ether oxygens (including phenoxy) is 1. The van der Waals surface area contributed by atoms with Crippen LogP contribution in [-0.4, -0.2) is 15.0 Å². The standard InChI is InChI=1S/C36H46N5O.Pt/c1-33(2,3)23-13-15-37-29(19-23)41-30-20-25(35(7,8)9)17-27(39-30)28-18-26(36(10,11)12)22-32(40-28)42-31-21-24(14-16-38-31)34(4,5)6;/h13-22H,1-12H3;/q-1;. The van der Waals surface area contributed by atoms with Crippen molar-refractivity contribution < 1.29 is 25.8 Å². The van der Waals surface area contributed by atoms with Gasteiger partial charge in [0.05, 0.1) is 11.5 Å². The van der Waals surface area contributed by atoms with Gasteiger partial charge < -0.3 is 14.7 Å². The van der Waals surface area contributed by atoms with Gasteiger partial charge in [0.25, 0.3) is 0 Å². The fraction of sp³-hybridized carbons (Fsp3) is 0.444. The van der Waals surface area contributed by atoms with E-state index in [2.05, 4.69) is 105 Å². The van der Waals surface area contributed by atoms with Crippen molar-refractivity contribution in [1.82, 2.24) is 19.9 Å². The molecule has 0 bridgehead atoms. The maximum absolute atomic E-state index is 6.30. The van der Waals surface area contributed by atoms with E-state index in [4.69, 9.17) is 19.7 Å². The molecule has 0 aromatic carbocycles. The Morgan fingerprint density at radius 1 is 0.581 bits per heavy atom. The molecule has 0 fully saturated rings. The molecule has 0 aliphatic rings. The Kier molecular flexibility index (Phi) is 9.98. The largest absolute Gasteiger partial charge is 0.434 e. The molecule has 4 aromatic rings. The second-order valence-corrected chi connectivity index (χ2v) is 15.2. The van der Waals surface area contributed by atoms with E-state index in [1.54, 1.807) is 6.20 Å². The zero-order valence-electron chi connectivity index (χ0n) is 27.7. The van der Waals surface area contributed by atoms with Crippen LogP contribution in [0.25, 0.3) is 11.4 Å². The van der Waals surface area contributed by atoms with E-state index in [1.807, 2.05) is 42.6 Å². The first-order valence-corrected chi connectivity index (χ1v) is 14.7. The molecule has 0 unspecified atom stereocenters. The first kappa shape index (κ1) is 34.4. The molecule has 4 aromatic heterocycles. The van der Waals surface area contributed by atoms with E-state index >= 15 is 0 Å². The van der Waals surface area contributed by atoms with Crippen molar-refractivity contribution in [3.8, 4) is 23.1 Å². The molecule has 0 N–H and O–H groups in total. The third kappa shape index (κ3) is 8.95.